The smallest absolute Gasteiger partial charge is 0.326 e. The quantitative estimate of drug-likeness (QED) is 0.925. The zero-order chi connectivity index (χ0) is 14.2. The lowest BCUT2D eigenvalue weighted by Gasteiger charge is -2.10. The van der Waals surface area contributed by atoms with E-state index in [1.165, 1.54) is 10.9 Å². The van der Waals surface area contributed by atoms with Gasteiger partial charge in [-0.2, -0.15) is 18.3 Å². The Morgan fingerprint density at radius 1 is 1.37 bits per heavy atom. The van der Waals surface area contributed by atoms with Crippen LogP contribution in [0.1, 0.15) is 16.8 Å². The first-order valence-corrected chi connectivity index (χ1v) is 5.69. The minimum Gasteiger partial charge on any atom is -0.326 e. The van der Waals surface area contributed by atoms with Crippen molar-refractivity contribution in [3.63, 3.8) is 0 Å². The van der Waals surface area contributed by atoms with Crippen LogP contribution in [0, 0.1) is 6.92 Å². The van der Waals surface area contributed by atoms with E-state index in [4.69, 9.17) is 17.3 Å². The van der Waals surface area contributed by atoms with E-state index in [9.17, 15) is 13.2 Å². The summed E-state index contributed by atoms with van der Waals surface area (Å²) >= 11 is 5.84. The molecule has 4 nitrogen and oxygen atoms in total. The molecule has 0 unspecified atom stereocenters. The van der Waals surface area contributed by atoms with E-state index >= 15 is 0 Å². The molecule has 0 atom stereocenters. The molecule has 2 aromatic rings. The minimum absolute atomic E-state index is 0.121. The highest BCUT2D eigenvalue weighted by atomic mass is 35.5. The van der Waals surface area contributed by atoms with Gasteiger partial charge in [-0.05, 0) is 13.0 Å². The van der Waals surface area contributed by atoms with Crippen molar-refractivity contribution in [2.24, 2.45) is 5.73 Å². The van der Waals surface area contributed by atoms with Crippen LogP contribution in [0.25, 0.3) is 5.82 Å². The highest BCUT2D eigenvalue weighted by Gasteiger charge is 2.31. The lowest BCUT2D eigenvalue weighted by atomic mass is 10.2. The van der Waals surface area contributed by atoms with Gasteiger partial charge in [0.1, 0.15) is 0 Å². The van der Waals surface area contributed by atoms with Crippen molar-refractivity contribution in [3.8, 4) is 5.82 Å². The third-order valence-corrected chi connectivity index (χ3v) is 2.96. The number of rotatable bonds is 2. The van der Waals surface area contributed by atoms with E-state index in [1.807, 2.05) is 0 Å². The molecule has 0 fully saturated rings. The molecule has 2 N–H and O–H groups in total. The number of halogens is 4. The predicted molar refractivity (Wildman–Crippen MR) is 64.0 cm³/mol. The van der Waals surface area contributed by atoms with Crippen LogP contribution in [-0.4, -0.2) is 14.8 Å². The summed E-state index contributed by atoms with van der Waals surface area (Å²) in [5.41, 5.74) is 6.07. The van der Waals surface area contributed by atoms with E-state index in [1.54, 1.807) is 6.92 Å². The Labute approximate surface area is 112 Å². The number of hydrogen-bond acceptors (Lipinski definition) is 3. The summed E-state index contributed by atoms with van der Waals surface area (Å²) in [5.74, 6) is 0.145. The van der Waals surface area contributed by atoms with Crippen molar-refractivity contribution in [1.29, 1.82) is 0 Å². The first-order chi connectivity index (χ1) is 8.84. The van der Waals surface area contributed by atoms with Crippen LogP contribution in [0.2, 0.25) is 5.02 Å². The maximum atomic E-state index is 12.5. The second kappa shape index (κ2) is 4.82. The Kier molecular flexibility index (Phi) is 3.51. The number of hydrogen-bond donors (Lipinski definition) is 1. The summed E-state index contributed by atoms with van der Waals surface area (Å²) in [6, 6.07) is 0.827. The monoisotopic (exact) mass is 290 g/mol. The standard InChI is InChI=1S/C11H10ClF3N4/c1-6-7(3-16)4-18-19(6)10-9(12)2-8(5-17-10)11(13,14)15/h2,4-5H,3,16H2,1H3. The van der Waals surface area contributed by atoms with E-state index in [-0.39, 0.29) is 17.4 Å². The second-order valence-electron chi connectivity index (χ2n) is 3.90. The SMILES string of the molecule is Cc1c(CN)cnn1-c1ncc(C(F)(F)F)cc1Cl. The topological polar surface area (TPSA) is 56.7 Å². The molecule has 0 aliphatic heterocycles. The number of pyridine rings is 1. The molecular formula is C11H10ClF3N4. The molecule has 102 valence electrons. The van der Waals surface area contributed by atoms with Crippen molar-refractivity contribution in [2.45, 2.75) is 19.6 Å². The van der Waals surface area contributed by atoms with Gasteiger partial charge in [-0.25, -0.2) is 9.67 Å². The third kappa shape index (κ3) is 2.57. The van der Waals surface area contributed by atoms with Gasteiger partial charge in [0.25, 0.3) is 0 Å². The summed E-state index contributed by atoms with van der Waals surface area (Å²) in [6.07, 6.45) is -2.22. The number of aromatic nitrogens is 3. The fourth-order valence-electron chi connectivity index (χ4n) is 1.60. The van der Waals surface area contributed by atoms with Gasteiger partial charge in [0, 0.05) is 24.0 Å². The Bertz CT molecular complexity index is 606. The highest BCUT2D eigenvalue weighted by Crippen LogP contribution is 2.32. The average Bonchev–Trinajstić information content (AvgIpc) is 2.69. The number of alkyl halides is 3. The number of nitrogens with two attached hydrogens (primary N) is 1. The maximum absolute atomic E-state index is 12.5. The van der Waals surface area contributed by atoms with Crippen LogP contribution >= 0.6 is 11.6 Å². The van der Waals surface area contributed by atoms with Crippen molar-refractivity contribution in [3.05, 3.63) is 40.3 Å². The third-order valence-electron chi connectivity index (χ3n) is 2.68. The summed E-state index contributed by atoms with van der Waals surface area (Å²) in [6.45, 7) is 2.02. The van der Waals surface area contributed by atoms with Gasteiger partial charge >= 0.3 is 6.18 Å². The molecular weight excluding hydrogens is 281 g/mol. The van der Waals surface area contributed by atoms with Crippen LogP contribution in [0.15, 0.2) is 18.5 Å². The van der Waals surface area contributed by atoms with E-state index in [2.05, 4.69) is 10.1 Å². The number of nitrogens with zero attached hydrogens (tertiary/aromatic N) is 3. The molecule has 0 aliphatic rings. The lowest BCUT2D eigenvalue weighted by molar-refractivity contribution is -0.137. The normalized spacial score (nSPS) is 11.9. The first-order valence-electron chi connectivity index (χ1n) is 5.31. The molecule has 2 heterocycles. The highest BCUT2D eigenvalue weighted by molar-refractivity contribution is 6.32. The van der Waals surface area contributed by atoms with Gasteiger partial charge in [-0.15, -0.1) is 0 Å². The molecule has 0 aromatic carbocycles. The van der Waals surface area contributed by atoms with Crippen LogP contribution < -0.4 is 5.73 Å². The minimum atomic E-state index is -4.48. The van der Waals surface area contributed by atoms with Crippen LogP contribution in [0.5, 0.6) is 0 Å². The van der Waals surface area contributed by atoms with E-state index < -0.39 is 11.7 Å². The zero-order valence-electron chi connectivity index (χ0n) is 9.87. The lowest BCUT2D eigenvalue weighted by Crippen LogP contribution is -2.09. The van der Waals surface area contributed by atoms with Crippen LogP contribution in [-0.2, 0) is 12.7 Å². The molecule has 8 heteroatoms. The summed E-state index contributed by atoms with van der Waals surface area (Å²) < 4.78 is 38.9. The molecule has 0 radical (unpaired) electrons. The zero-order valence-corrected chi connectivity index (χ0v) is 10.6. The van der Waals surface area contributed by atoms with Crippen molar-refractivity contribution in [1.82, 2.24) is 14.8 Å². The van der Waals surface area contributed by atoms with Crippen LogP contribution in [0.4, 0.5) is 13.2 Å². The van der Waals surface area contributed by atoms with Gasteiger partial charge in [0.15, 0.2) is 5.82 Å². The maximum Gasteiger partial charge on any atom is 0.417 e. The molecule has 0 spiro atoms. The summed E-state index contributed by atoms with van der Waals surface area (Å²) in [7, 11) is 0. The Balaban J connectivity index is 2.49. The van der Waals surface area contributed by atoms with Gasteiger partial charge < -0.3 is 5.73 Å². The molecule has 0 saturated heterocycles. The Hall–Kier alpha value is -1.60. The Morgan fingerprint density at radius 3 is 2.53 bits per heavy atom. The molecule has 2 rings (SSSR count). The van der Waals surface area contributed by atoms with Gasteiger partial charge in [-0.1, -0.05) is 11.6 Å². The second-order valence-corrected chi connectivity index (χ2v) is 4.31. The van der Waals surface area contributed by atoms with Gasteiger partial charge in [-0.3, -0.25) is 0 Å². The molecule has 19 heavy (non-hydrogen) atoms. The largest absolute Gasteiger partial charge is 0.417 e. The van der Waals surface area contributed by atoms with Crippen LogP contribution in [0.3, 0.4) is 0 Å². The van der Waals surface area contributed by atoms with Gasteiger partial charge in [0.2, 0.25) is 0 Å². The fraction of sp³-hybridized carbons (Fsp3) is 0.273. The van der Waals surface area contributed by atoms with Crippen molar-refractivity contribution in [2.75, 3.05) is 0 Å². The molecule has 0 amide bonds. The molecule has 0 bridgehead atoms. The predicted octanol–water partition coefficient (Wildman–Crippen LogP) is 2.71. The van der Waals surface area contributed by atoms with E-state index in [0.717, 1.165) is 17.8 Å². The summed E-state index contributed by atoms with van der Waals surface area (Å²) in [5, 5.41) is 3.90. The molecule has 2 aromatic heterocycles. The Morgan fingerprint density at radius 2 is 2.05 bits per heavy atom. The van der Waals surface area contributed by atoms with Gasteiger partial charge in [0.05, 0.1) is 16.8 Å². The molecule has 0 saturated carbocycles. The van der Waals surface area contributed by atoms with E-state index in [0.29, 0.717) is 5.69 Å². The average molecular weight is 291 g/mol. The summed E-state index contributed by atoms with van der Waals surface area (Å²) in [4.78, 5) is 3.73. The molecule has 0 aliphatic carbocycles. The first kappa shape index (κ1) is 13.8. The van der Waals surface area contributed by atoms with Crippen molar-refractivity contribution >= 4 is 11.6 Å². The fourth-order valence-corrected chi connectivity index (χ4v) is 1.85. The van der Waals surface area contributed by atoms with Crippen molar-refractivity contribution < 1.29 is 13.2 Å².